The van der Waals surface area contributed by atoms with Crippen LogP contribution >= 0.6 is 0 Å². The second-order valence-electron chi connectivity index (χ2n) is 9.10. The van der Waals surface area contributed by atoms with Gasteiger partial charge < -0.3 is 29.6 Å². The highest BCUT2D eigenvalue weighted by molar-refractivity contribution is 5.98. The van der Waals surface area contributed by atoms with E-state index in [4.69, 9.17) is 18.9 Å². The fourth-order valence-electron chi connectivity index (χ4n) is 3.91. The summed E-state index contributed by atoms with van der Waals surface area (Å²) >= 11 is 0. The van der Waals surface area contributed by atoms with E-state index in [9.17, 15) is 9.59 Å². The van der Waals surface area contributed by atoms with Gasteiger partial charge in [0.25, 0.3) is 11.8 Å². The SMILES string of the molecule is CC(CNC(=O)c1ccccc1OCCOc1ccccc1)NC(=O)c1ccccc1OCCOc1ccccc1. The molecule has 0 saturated carbocycles. The number of benzene rings is 4. The van der Waals surface area contributed by atoms with Crippen molar-refractivity contribution in [2.75, 3.05) is 33.0 Å². The van der Waals surface area contributed by atoms with Crippen LogP contribution in [0.2, 0.25) is 0 Å². The first-order chi connectivity index (χ1) is 20.1. The lowest BCUT2D eigenvalue weighted by Gasteiger charge is -2.17. The van der Waals surface area contributed by atoms with Gasteiger partial charge in [-0.2, -0.15) is 0 Å². The predicted molar refractivity (Wildman–Crippen MR) is 157 cm³/mol. The maximum atomic E-state index is 13.0. The summed E-state index contributed by atoms with van der Waals surface area (Å²) in [7, 11) is 0. The smallest absolute Gasteiger partial charge is 0.255 e. The first-order valence-corrected chi connectivity index (χ1v) is 13.5. The summed E-state index contributed by atoms with van der Waals surface area (Å²) in [6.07, 6.45) is 0. The molecule has 0 bridgehead atoms. The second-order valence-corrected chi connectivity index (χ2v) is 9.10. The topological polar surface area (TPSA) is 95.1 Å². The maximum Gasteiger partial charge on any atom is 0.255 e. The number of nitrogens with one attached hydrogen (secondary N) is 2. The molecule has 1 atom stereocenters. The van der Waals surface area contributed by atoms with E-state index < -0.39 is 0 Å². The molecule has 8 heteroatoms. The molecule has 212 valence electrons. The van der Waals surface area contributed by atoms with Crippen molar-refractivity contribution < 1.29 is 28.5 Å². The number of rotatable bonds is 15. The molecule has 2 amide bonds. The first-order valence-electron chi connectivity index (χ1n) is 13.5. The molecular formula is C33H34N2O6. The first kappa shape index (κ1) is 29.0. The molecule has 0 aliphatic heterocycles. The largest absolute Gasteiger partial charge is 0.490 e. The standard InChI is InChI=1S/C33H34N2O6/c1-25(35-33(37)29-17-9-11-19-31(29)41-23-21-39-27-14-6-3-7-15-27)24-34-32(36)28-16-8-10-18-30(28)40-22-20-38-26-12-4-2-5-13-26/h2-19,25H,20-24H2,1H3,(H,34,36)(H,35,37). The summed E-state index contributed by atoms with van der Waals surface area (Å²) in [5.41, 5.74) is 0.809. The van der Waals surface area contributed by atoms with Gasteiger partial charge in [0.15, 0.2) is 0 Å². The van der Waals surface area contributed by atoms with Crippen molar-refractivity contribution in [3.8, 4) is 23.0 Å². The van der Waals surface area contributed by atoms with Gasteiger partial charge in [0.05, 0.1) is 11.1 Å². The second kappa shape index (κ2) is 15.6. The minimum Gasteiger partial charge on any atom is -0.490 e. The summed E-state index contributed by atoms with van der Waals surface area (Å²) in [5, 5.41) is 5.79. The zero-order valence-corrected chi connectivity index (χ0v) is 23.0. The van der Waals surface area contributed by atoms with Crippen LogP contribution in [0.25, 0.3) is 0 Å². The summed E-state index contributed by atoms with van der Waals surface area (Å²) in [6.45, 7) is 3.29. The fraction of sp³-hybridized carbons (Fsp3) is 0.212. The van der Waals surface area contributed by atoms with Crippen molar-refractivity contribution in [1.29, 1.82) is 0 Å². The molecule has 4 aromatic carbocycles. The molecule has 4 aromatic rings. The third-order valence-corrected chi connectivity index (χ3v) is 5.92. The van der Waals surface area contributed by atoms with E-state index in [1.807, 2.05) is 67.6 Å². The van der Waals surface area contributed by atoms with E-state index in [1.165, 1.54) is 0 Å². The Balaban J connectivity index is 1.22. The molecule has 0 aliphatic rings. The van der Waals surface area contributed by atoms with Gasteiger partial charge in [0.1, 0.15) is 49.4 Å². The highest BCUT2D eigenvalue weighted by Crippen LogP contribution is 2.19. The predicted octanol–water partition coefficient (Wildman–Crippen LogP) is 5.15. The Kier molecular flexibility index (Phi) is 11.0. The van der Waals surface area contributed by atoms with E-state index in [-0.39, 0.29) is 37.6 Å². The van der Waals surface area contributed by atoms with Gasteiger partial charge in [-0.3, -0.25) is 9.59 Å². The number of hydrogen-bond donors (Lipinski definition) is 2. The summed E-state index contributed by atoms with van der Waals surface area (Å²) in [6, 6.07) is 32.6. The highest BCUT2D eigenvalue weighted by Gasteiger charge is 2.17. The van der Waals surface area contributed by atoms with Gasteiger partial charge in [-0.05, 0) is 55.5 Å². The van der Waals surface area contributed by atoms with E-state index >= 15 is 0 Å². The van der Waals surface area contributed by atoms with Crippen LogP contribution < -0.4 is 29.6 Å². The molecule has 41 heavy (non-hydrogen) atoms. The van der Waals surface area contributed by atoms with E-state index in [1.54, 1.807) is 48.5 Å². The Labute approximate surface area is 240 Å². The Morgan fingerprint density at radius 3 is 1.49 bits per heavy atom. The molecule has 4 rings (SSSR count). The summed E-state index contributed by atoms with van der Waals surface area (Å²) < 4.78 is 22.9. The van der Waals surface area contributed by atoms with Crippen LogP contribution in [0.3, 0.4) is 0 Å². The lowest BCUT2D eigenvalue weighted by atomic mass is 10.1. The number of carbonyl (C=O) groups is 2. The minimum atomic E-state index is -0.340. The lowest BCUT2D eigenvalue weighted by molar-refractivity contribution is 0.0906. The van der Waals surface area contributed by atoms with E-state index in [0.29, 0.717) is 35.8 Å². The summed E-state index contributed by atoms with van der Waals surface area (Å²) in [4.78, 5) is 25.9. The molecule has 2 N–H and O–H groups in total. The number of amides is 2. The molecule has 0 aliphatic carbocycles. The zero-order chi connectivity index (χ0) is 28.7. The van der Waals surface area contributed by atoms with Crippen LogP contribution in [0, 0.1) is 0 Å². The fourth-order valence-corrected chi connectivity index (χ4v) is 3.91. The average molecular weight is 555 g/mol. The van der Waals surface area contributed by atoms with Crippen LogP contribution in [0.15, 0.2) is 109 Å². The van der Waals surface area contributed by atoms with Gasteiger partial charge in [0.2, 0.25) is 0 Å². The van der Waals surface area contributed by atoms with Crippen molar-refractivity contribution in [2.45, 2.75) is 13.0 Å². The number of ether oxygens (including phenoxy) is 4. The van der Waals surface area contributed by atoms with Gasteiger partial charge in [-0.25, -0.2) is 0 Å². The van der Waals surface area contributed by atoms with Crippen molar-refractivity contribution >= 4 is 11.8 Å². The quantitative estimate of drug-likeness (QED) is 0.197. The van der Waals surface area contributed by atoms with Crippen LogP contribution in [-0.4, -0.2) is 50.8 Å². The van der Waals surface area contributed by atoms with Crippen molar-refractivity contribution in [3.05, 3.63) is 120 Å². The molecule has 0 radical (unpaired) electrons. The van der Waals surface area contributed by atoms with Crippen molar-refractivity contribution in [3.63, 3.8) is 0 Å². The number of hydrogen-bond acceptors (Lipinski definition) is 6. The lowest BCUT2D eigenvalue weighted by Crippen LogP contribution is -2.42. The molecule has 0 heterocycles. The minimum absolute atomic E-state index is 0.226. The van der Waals surface area contributed by atoms with Crippen molar-refractivity contribution in [1.82, 2.24) is 10.6 Å². The molecule has 0 fully saturated rings. The van der Waals surface area contributed by atoms with Gasteiger partial charge in [-0.1, -0.05) is 60.7 Å². The Hall–Kier alpha value is -4.98. The van der Waals surface area contributed by atoms with Crippen LogP contribution in [0.1, 0.15) is 27.6 Å². The van der Waals surface area contributed by atoms with Crippen LogP contribution in [0.5, 0.6) is 23.0 Å². The Morgan fingerprint density at radius 2 is 0.976 bits per heavy atom. The van der Waals surface area contributed by atoms with Crippen molar-refractivity contribution in [2.24, 2.45) is 0 Å². The normalized spacial score (nSPS) is 11.1. The zero-order valence-electron chi connectivity index (χ0n) is 23.0. The van der Waals surface area contributed by atoms with Gasteiger partial charge >= 0.3 is 0 Å². The third-order valence-electron chi connectivity index (χ3n) is 5.92. The Bertz CT molecular complexity index is 1380. The number of para-hydroxylation sites is 4. The van der Waals surface area contributed by atoms with E-state index in [2.05, 4.69) is 10.6 Å². The monoisotopic (exact) mass is 554 g/mol. The van der Waals surface area contributed by atoms with Gasteiger partial charge in [-0.15, -0.1) is 0 Å². The van der Waals surface area contributed by atoms with Crippen LogP contribution in [0.4, 0.5) is 0 Å². The summed E-state index contributed by atoms with van der Waals surface area (Å²) in [5.74, 6) is 1.83. The highest BCUT2D eigenvalue weighted by atomic mass is 16.5. The Morgan fingerprint density at radius 1 is 0.561 bits per heavy atom. The third kappa shape index (κ3) is 9.32. The molecule has 0 spiro atoms. The van der Waals surface area contributed by atoms with Crippen LogP contribution in [-0.2, 0) is 0 Å². The molecule has 0 aromatic heterocycles. The van der Waals surface area contributed by atoms with Gasteiger partial charge in [0, 0.05) is 12.6 Å². The molecular weight excluding hydrogens is 520 g/mol. The molecule has 1 unspecified atom stereocenters. The molecule has 0 saturated heterocycles. The maximum absolute atomic E-state index is 13.0. The molecule has 8 nitrogen and oxygen atoms in total. The number of carbonyl (C=O) groups excluding carboxylic acids is 2. The van der Waals surface area contributed by atoms with E-state index in [0.717, 1.165) is 11.5 Å². The average Bonchev–Trinajstić information content (AvgIpc) is 3.01.